The Bertz CT molecular complexity index is 635. The van der Waals surface area contributed by atoms with E-state index in [1.807, 2.05) is 31.2 Å². The zero-order valence-corrected chi connectivity index (χ0v) is 13.1. The molecule has 0 fully saturated rings. The lowest BCUT2D eigenvalue weighted by Gasteiger charge is -2.27. The van der Waals surface area contributed by atoms with E-state index in [4.69, 9.17) is 4.74 Å². The standard InChI is InChI=1S/C16H23N3O2/c1-5-8-14-18-12-9-6-7-10-13(12)19(14)11-16(2,17-3)15(20)21-4/h6-7,9-10,17H,5,8,11H2,1-4H3. The number of aryl methyl sites for hydroxylation is 1. The quantitative estimate of drug-likeness (QED) is 0.828. The summed E-state index contributed by atoms with van der Waals surface area (Å²) >= 11 is 0. The van der Waals surface area contributed by atoms with E-state index in [-0.39, 0.29) is 5.97 Å². The van der Waals surface area contributed by atoms with E-state index < -0.39 is 5.54 Å². The van der Waals surface area contributed by atoms with Crippen LogP contribution in [0.4, 0.5) is 0 Å². The summed E-state index contributed by atoms with van der Waals surface area (Å²) in [5, 5.41) is 3.08. The molecule has 5 nitrogen and oxygen atoms in total. The number of nitrogens with one attached hydrogen (secondary N) is 1. The molecule has 0 saturated carbocycles. The monoisotopic (exact) mass is 289 g/mol. The van der Waals surface area contributed by atoms with Gasteiger partial charge in [0.2, 0.25) is 0 Å². The fourth-order valence-corrected chi connectivity index (χ4v) is 2.50. The lowest BCUT2D eigenvalue weighted by molar-refractivity contribution is -0.148. The molecule has 1 N–H and O–H groups in total. The fraction of sp³-hybridized carbons (Fsp3) is 0.500. The third-order valence-electron chi connectivity index (χ3n) is 3.87. The van der Waals surface area contributed by atoms with Crippen molar-refractivity contribution in [3.8, 4) is 0 Å². The molecule has 1 atom stereocenters. The maximum absolute atomic E-state index is 12.1. The Labute approximate surface area is 125 Å². The molecule has 1 aromatic carbocycles. The highest BCUT2D eigenvalue weighted by Gasteiger charge is 2.34. The van der Waals surface area contributed by atoms with Crippen LogP contribution in [0.5, 0.6) is 0 Å². The Hall–Kier alpha value is -1.88. The number of carbonyl (C=O) groups excluding carboxylic acids is 1. The lowest BCUT2D eigenvalue weighted by atomic mass is 10.0. The van der Waals surface area contributed by atoms with E-state index in [1.165, 1.54) is 7.11 Å². The highest BCUT2D eigenvalue weighted by Crippen LogP contribution is 2.21. The van der Waals surface area contributed by atoms with Gasteiger partial charge in [0, 0.05) is 6.42 Å². The number of hydrogen-bond acceptors (Lipinski definition) is 4. The first-order valence-corrected chi connectivity index (χ1v) is 7.27. The number of aromatic nitrogens is 2. The van der Waals surface area contributed by atoms with Crippen LogP contribution in [0.15, 0.2) is 24.3 Å². The SMILES string of the molecule is CCCc1nc2ccccc2n1CC(C)(NC)C(=O)OC. The largest absolute Gasteiger partial charge is 0.468 e. The maximum atomic E-state index is 12.1. The van der Waals surface area contributed by atoms with Crippen molar-refractivity contribution in [2.75, 3.05) is 14.2 Å². The van der Waals surface area contributed by atoms with Gasteiger partial charge in [-0.2, -0.15) is 0 Å². The van der Waals surface area contributed by atoms with Crippen LogP contribution in [0.25, 0.3) is 11.0 Å². The number of para-hydroxylation sites is 2. The summed E-state index contributed by atoms with van der Waals surface area (Å²) in [7, 11) is 3.19. The number of likely N-dealkylation sites (N-methyl/N-ethyl adjacent to an activating group) is 1. The van der Waals surface area contributed by atoms with Crippen molar-refractivity contribution < 1.29 is 9.53 Å². The summed E-state index contributed by atoms with van der Waals surface area (Å²) in [6.07, 6.45) is 1.90. The summed E-state index contributed by atoms with van der Waals surface area (Å²) in [4.78, 5) is 16.8. The zero-order valence-electron chi connectivity index (χ0n) is 13.1. The van der Waals surface area contributed by atoms with Crippen LogP contribution in [0.3, 0.4) is 0 Å². The van der Waals surface area contributed by atoms with Crippen molar-refractivity contribution in [1.82, 2.24) is 14.9 Å². The molecule has 1 unspecified atom stereocenters. The minimum Gasteiger partial charge on any atom is -0.468 e. The second kappa shape index (κ2) is 6.26. The van der Waals surface area contributed by atoms with E-state index in [0.29, 0.717) is 6.54 Å². The van der Waals surface area contributed by atoms with Gasteiger partial charge in [0.15, 0.2) is 0 Å². The van der Waals surface area contributed by atoms with E-state index in [0.717, 1.165) is 29.7 Å². The minimum atomic E-state index is -0.777. The van der Waals surface area contributed by atoms with Crippen LogP contribution < -0.4 is 5.32 Å². The molecule has 0 bridgehead atoms. The number of methoxy groups -OCH3 is 1. The van der Waals surface area contributed by atoms with Gasteiger partial charge in [-0.05, 0) is 32.5 Å². The molecular formula is C16H23N3O2. The molecule has 0 aliphatic heterocycles. The van der Waals surface area contributed by atoms with Gasteiger partial charge in [-0.1, -0.05) is 19.1 Å². The second-order valence-corrected chi connectivity index (χ2v) is 5.43. The van der Waals surface area contributed by atoms with Crippen LogP contribution in [-0.4, -0.2) is 35.2 Å². The van der Waals surface area contributed by atoms with E-state index in [9.17, 15) is 4.79 Å². The molecule has 0 amide bonds. The van der Waals surface area contributed by atoms with Crippen LogP contribution in [0, 0.1) is 0 Å². The van der Waals surface area contributed by atoms with Crippen molar-refractivity contribution in [3.63, 3.8) is 0 Å². The van der Waals surface area contributed by atoms with Crippen molar-refractivity contribution >= 4 is 17.0 Å². The first kappa shape index (κ1) is 15.5. The Morgan fingerprint density at radius 3 is 2.76 bits per heavy atom. The lowest BCUT2D eigenvalue weighted by Crippen LogP contribution is -2.51. The molecule has 0 aliphatic rings. The number of fused-ring (bicyclic) bond motifs is 1. The summed E-state index contributed by atoms with van der Waals surface area (Å²) in [6, 6.07) is 8.01. The Morgan fingerprint density at radius 1 is 1.43 bits per heavy atom. The first-order chi connectivity index (χ1) is 10.1. The maximum Gasteiger partial charge on any atom is 0.327 e. The van der Waals surface area contributed by atoms with Gasteiger partial charge in [-0.25, -0.2) is 9.78 Å². The molecular weight excluding hydrogens is 266 g/mol. The van der Waals surface area contributed by atoms with E-state index >= 15 is 0 Å². The van der Waals surface area contributed by atoms with Crippen LogP contribution in [0.2, 0.25) is 0 Å². The summed E-state index contributed by atoms with van der Waals surface area (Å²) in [5.41, 5.74) is 1.23. The van der Waals surface area contributed by atoms with Crippen LogP contribution >= 0.6 is 0 Å². The number of ether oxygens (including phenoxy) is 1. The molecule has 21 heavy (non-hydrogen) atoms. The molecule has 0 aliphatic carbocycles. The number of carbonyl (C=O) groups is 1. The third-order valence-corrected chi connectivity index (χ3v) is 3.87. The number of nitrogens with zero attached hydrogens (tertiary/aromatic N) is 2. The highest BCUT2D eigenvalue weighted by atomic mass is 16.5. The normalized spacial score (nSPS) is 14.1. The van der Waals surface area contributed by atoms with Crippen LogP contribution in [-0.2, 0) is 22.5 Å². The molecule has 5 heteroatoms. The molecule has 114 valence electrons. The van der Waals surface area contributed by atoms with Gasteiger partial charge in [0.05, 0.1) is 24.7 Å². The summed E-state index contributed by atoms with van der Waals surface area (Å²) < 4.78 is 7.05. The third kappa shape index (κ3) is 2.93. The molecule has 2 rings (SSSR count). The van der Waals surface area contributed by atoms with Crippen molar-refractivity contribution in [2.24, 2.45) is 0 Å². The topological polar surface area (TPSA) is 56.2 Å². The average molecular weight is 289 g/mol. The Kier molecular flexibility index (Phi) is 4.63. The molecule has 1 aromatic heterocycles. The van der Waals surface area contributed by atoms with Crippen molar-refractivity contribution in [1.29, 1.82) is 0 Å². The van der Waals surface area contributed by atoms with Gasteiger partial charge >= 0.3 is 5.97 Å². The minimum absolute atomic E-state index is 0.273. The Balaban J connectivity index is 2.48. The highest BCUT2D eigenvalue weighted by molar-refractivity contribution is 5.81. The fourth-order valence-electron chi connectivity index (χ4n) is 2.50. The van der Waals surface area contributed by atoms with Gasteiger partial charge in [-0.15, -0.1) is 0 Å². The van der Waals surface area contributed by atoms with Crippen LogP contribution in [0.1, 0.15) is 26.1 Å². The van der Waals surface area contributed by atoms with Gasteiger partial charge in [0.1, 0.15) is 11.4 Å². The molecule has 0 radical (unpaired) electrons. The molecule has 1 heterocycles. The molecule has 0 saturated heterocycles. The number of benzene rings is 1. The predicted octanol–water partition coefficient (Wildman–Crippen LogP) is 2.14. The smallest absolute Gasteiger partial charge is 0.327 e. The van der Waals surface area contributed by atoms with Gasteiger partial charge in [0.25, 0.3) is 0 Å². The number of hydrogen-bond donors (Lipinski definition) is 1. The van der Waals surface area contributed by atoms with E-state index in [1.54, 1.807) is 7.05 Å². The van der Waals surface area contributed by atoms with Crippen molar-refractivity contribution in [3.05, 3.63) is 30.1 Å². The average Bonchev–Trinajstić information content (AvgIpc) is 2.84. The predicted molar refractivity (Wildman–Crippen MR) is 83.2 cm³/mol. The zero-order chi connectivity index (χ0) is 15.5. The van der Waals surface area contributed by atoms with Gasteiger partial charge < -0.3 is 14.6 Å². The first-order valence-electron chi connectivity index (χ1n) is 7.27. The molecule has 2 aromatic rings. The molecule has 0 spiro atoms. The summed E-state index contributed by atoms with van der Waals surface area (Å²) in [5.74, 6) is 0.731. The Morgan fingerprint density at radius 2 is 2.14 bits per heavy atom. The number of imidazole rings is 1. The summed E-state index contributed by atoms with van der Waals surface area (Å²) in [6.45, 7) is 4.47. The number of esters is 1. The number of rotatable bonds is 6. The van der Waals surface area contributed by atoms with E-state index in [2.05, 4.69) is 21.8 Å². The second-order valence-electron chi connectivity index (χ2n) is 5.43. The van der Waals surface area contributed by atoms with Crippen molar-refractivity contribution in [2.45, 2.75) is 38.8 Å². The van der Waals surface area contributed by atoms with Gasteiger partial charge in [-0.3, -0.25) is 0 Å².